The summed E-state index contributed by atoms with van der Waals surface area (Å²) in [6, 6.07) is 6.29. The Balaban J connectivity index is 2.33. The Hall–Kier alpha value is -0.580. The number of nitrogens with one attached hydrogen (secondary N) is 1. The monoisotopic (exact) mass is 225 g/mol. The van der Waals surface area contributed by atoms with Crippen LogP contribution in [0.1, 0.15) is 19.0 Å². The molecule has 1 unspecified atom stereocenters. The van der Waals surface area contributed by atoms with Gasteiger partial charge in [0.2, 0.25) is 0 Å². The average Bonchev–Trinajstić information content (AvgIpc) is 2.29. The van der Waals surface area contributed by atoms with Gasteiger partial charge in [0.05, 0.1) is 0 Å². The molecule has 1 aromatic rings. The number of hydrogen-bond donors (Lipinski definition) is 2. The zero-order valence-electron chi connectivity index (χ0n) is 9.15. The van der Waals surface area contributed by atoms with E-state index in [1.54, 1.807) is 0 Å². The Bertz CT molecular complexity index is 253. The van der Waals surface area contributed by atoms with Crippen molar-refractivity contribution in [3.8, 4) is 0 Å². The minimum Gasteiger partial charge on any atom is -0.271 e. The van der Waals surface area contributed by atoms with Gasteiger partial charge in [0, 0.05) is 30.1 Å². The Morgan fingerprint density at radius 3 is 3.00 bits per heavy atom. The van der Waals surface area contributed by atoms with Crippen LogP contribution in [0.2, 0.25) is 0 Å². The average molecular weight is 225 g/mol. The van der Waals surface area contributed by atoms with E-state index < -0.39 is 0 Å². The molecule has 1 atom stereocenters. The van der Waals surface area contributed by atoms with Crippen LogP contribution in [0.25, 0.3) is 0 Å². The minimum atomic E-state index is 0.316. The first-order valence-corrected chi connectivity index (χ1v) is 6.46. The van der Waals surface area contributed by atoms with Crippen molar-refractivity contribution >= 4 is 11.8 Å². The molecule has 0 fully saturated rings. The van der Waals surface area contributed by atoms with Gasteiger partial charge in [0.1, 0.15) is 0 Å². The lowest BCUT2D eigenvalue weighted by atomic mass is 10.2. The maximum Gasteiger partial charge on any atom is 0.0419 e. The van der Waals surface area contributed by atoms with Crippen LogP contribution in [0.5, 0.6) is 0 Å². The molecule has 0 radical (unpaired) electrons. The molecule has 3 nitrogen and oxygen atoms in total. The third kappa shape index (κ3) is 5.16. The summed E-state index contributed by atoms with van der Waals surface area (Å²) in [5, 5.41) is 0. The Morgan fingerprint density at radius 2 is 2.40 bits per heavy atom. The zero-order valence-corrected chi connectivity index (χ0v) is 9.96. The van der Waals surface area contributed by atoms with Gasteiger partial charge in [0.25, 0.3) is 0 Å². The van der Waals surface area contributed by atoms with E-state index in [-0.39, 0.29) is 0 Å². The van der Waals surface area contributed by atoms with Gasteiger partial charge in [-0.05, 0) is 24.3 Å². The number of hydrogen-bond acceptors (Lipinski definition) is 4. The predicted octanol–water partition coefficient (Wildman–Crippen LogP) is 1.60. The van der Waals surface area contributed by atoms with E-state index in [0.29, 0.717) is 6.04 Å². The fraction of sp³-hybridized carbons (Fsp3) is 0.545. The van der Waals surface area contributed by atoms with Crippen LogP contribution in [-0.2, 0) is 6.42 Å². The Labute approximate surface area is 95.8 Å². The van der Waals surface area contributed by atoms with Gasteiger partial charge in [-0.25, -0.2) is 0 Å². The molecule has 0 bridgehead atoms. The summed E-state index contributed by atoms with van der Waals surface area (Å²) in [5.41, 5.74) is 3.94. The quantitative estimate of drug-likeness (QED) is 0.420. The fourth-order valence-corrected chi connectivity index (χ4v) is 2.26. The Morgan fingerprint density at radius 1 is 1.53 bits per heavy atom. The molecule has 0 aromatic carbocycles. The molecule has 0 saturated carbocycles. The normalized spacial score (nSPS) is 12.7. The molecule has 4 heteroatoms. The van der Waals surface area contributed by atoms with Crippen LogP contribution in [0.3, 0.4) is 0 Å². The topological polar surface area (TPSA) is 50.9 Å². The van der Waals surface area contributed by atoms with Gasteiger partial charge in [-0.1, -0.05) is 13.0 Å². The molecule has 1 rings (SSSR count). The van der Waals surface area contributed by atoms with Crippen molar-refractivity contribution in [2.45, 2.75) is 25.8 Å². The van der Waals surface area contributed by atoms with Crippen molar-refractivity contribution in [1.82, 2.24) is 10.4 Å². The molecule has 84 valence electrons. The molecule has 3 N–H and O–H groups in total. The molecule has 0 saturated heterocycles. The second kappa shape index (κ2) is 7.68. The van der Waals surface area contributed by atoms with Crippen molar-refractivity contribution in [3.63, 3.8) is 0 Å². The molecule has 1 aromatic heterocycles. The number of rotatable bonds is 7. The van der Waals surface area contributed by atoms with Crippen molar-refractivity contribution in [1.29, 1.82) is 0 Å². The van der Waals surface area contributed by atoms with Gasteiger partial charge < -0.3 is 0 Å². The largest absolute Gasteiger partial charge is 0.271 e. The van der Waals surface area contributed by atoms with Crippen LogP contribution in [-0.4, -0.2) is 22.5 Å². The highest BCUT2D eigenvalue weighted by molar-refractivity contribution is 7.99. The maximum atomic E-state index is 5.51. The van der Waals surface area contributed by atoms with Crippen molar-refractivity contribution < 1.29 is 0 Å². The van der Waals surface area contributed by atoms with Crippen LogP contribution < -0.4 is 11.3 Å². The molecule has 0 aliphatic carbocycles. The summed E-state index contributed by atoms with van der Waals surface area (Å²) in [7, 11) is 0. The first kappa shape index (κ1) is 12.5. The summed E-state index contributed by atoms with van der Waals surface area (Å²) in [4.78, 5) is 4.29. The van der Waals surface area contributed by atoms with Gasteiger partial charge in [-0.15, -0.1) is 0 Å². The lowest BCUT2D eigenvalue weighted by Gasteiger charge is -2.14. The molecule has 1 heterocycles. The van der Waals surface area contributed by atoms with Crippen LogP contribution >= 0.6 is 11.8 Å². The highest BCUT2D eigenvalue weighted by atomic mass is 32.2. The maximum absolute atomic E-state index is 5.51. The number of nitrogens with two attached hydrogens (primary N) is 1. The molecule has 0 aliphatic heterocycles. The molecule has 0 spiro atoms. The van der Waals surface area contributed by atoms with Crippen molar-refractivity contribution in [3.05, 3.63) is 30.1 Å². The summed E-state index contributed by atoms with van der Waals surface area (Å²) in [5.74, 6) is 7.75. The van der Waals surface area contributed by atoms with Crippen LogP contribution in [0.4, 0.5) is 0 Å². The first-order chi connectivity index (χ1) is 7.36. The molecule has 0 amide bonds. The van der Waals surface area contributed by atoms with Gasteiger partial charge >= 0.3 is 0 Å². The van der Waals surface area contributed by atoms with Crippen LogP contribution in [0, 0.1) is 0 Å². The second-order valence-electron chi connectivity index (χ2n) is 3.46. The number of nitrogens with zero attached hydrogens (tertiary/aromatic N) is 1. The number of pyridine rings is 1. The number of thioether (sulfide) groups is 1. The molecular formula is C11H19N3S. The molecular weight excluding hydrogens is 206 g/mol. The van der Waals surface area contributed by atoms with Crippen molar-refractivity contribution in [2.24, 2.45) is 5.84 Å². The summed E-state index contributed by atoms with van der Waals surface area (Å²) >= 11 is 1.93. The smallest absolute Gasteiger partial charge is 0.0419 e. The van der Waals surface area contributed by atoms with Gasteiger partial charge in [-0.3, -0.25) is 16.3 Å². The third-order valence-corrected chi connectivity index (χ3v) is 3.42. The van der Waals surface area contributed by atoms with E-state index in [2.05, 4.69) is 17.3 Å². The second-order valence-corrected chi connectivity index (χ2v) is 4.61. The predicted molar refractivity (Wildman–Crippen MR) is 66.7 cm³/mol. The third-order valence-electron chi connectivity index (χ3n) is 2.08. The van der Waals surface area contributed by atoms with Crippen LogP contribution in [0.15, 0.2) is 24.4 Å². The summed E-state index contributed by atoms with van der Waals surface area (Å²) in [6.45, 7) is 2.19. The lowest BCUT2D eigenvalue weighted by molar-refractivity contribution is 0.569. The SMILES string of the molecule is CCCSCC(Cc1ccccn1)NN. The fourth-order valence-electron chi connectivity index (χ4n) is 1.31. The summed E-state index contributed by atoms with van der Waals surface area (Å²) in [6.07, 6.45) is 3.93. The van der Waals surface area contributed by atoms with E-state index in [1.165, 1.54) is 12.2 Å². The van der Waals surface area contributed by atoms with E-state index >= 15 is 0 Å². The van der Waals surface area contributed by atoms with Gasteiger partial charge in [0.15, 0.2) is 0 Å². The number of hydrazine groups is 1. The standard InChI is InChI=1S/C11H19N3S/c1-2-7-15-9-11(14-12)8-10-5-3-4-6-13-10/h3-6,11,14H,2,7-9,12H2,1H3. The van der Waals surface area contributed by atoms with E-state index in [1.807, 2.05) is 36.2 Å². The Kier molecular flexibility index (Phi) is 6.39. The lowest BCUT2D eigenvalue weighted by Crippen LogP contribution is -2.38. The molecule has 15 heavy (non-hydrogen) atoms. The van der Waals surface area contributed by atoms with E-state index in [4.69, 9.17) is 5.84 Å². The van der Waals surface area contributed by atoms with Gasteiger partial charge in [-0.2, -0.15) is 11.8 Å². The molecule has 0 aliphatic rings. The van der Waals surface area contributed by atoms with Crippen molar-refractivity contribution in [2.75, 3.05) is 11.5 Å². The minimum absolute atomic E-state index is 0.316. The zero-order chi connectivity index (χ0) is 10.9. The highest BCUT2D eigenvalue weighted by Gasteiger charge is 2.07. The van der Waals surface area contributed by atoms with E-state index in [0.717, 1.165) is 17.9 Å². The highest BCUT2D eigenvalue weighted by Crippen LogP contribution is 2.07. The first-order valence-electron chi connectivity index (χ1n) is 5.30. The number of aromatic nitrogens is 1. The van der Waals surface area contributed by atoms with E-state index in [9.17, 15) is 0 Å². The summed E-state index contributed by atoms with van der Waals surface area (Å²) < 4.78 is 0.